The normalized spacial score (nSPS) is 19.8. The standard InChI is InChI=1S/C16H22N2O2/c1-11-5-6-12(2)14(8-11)15(19)10-18-7-3-4-13(9-18)16(17)20/h5-6,8,13H,3-4,7,9-10H2,1-2H3,(H2,17,20). The highest BCUT2D eigenvalue weighted by atomic mass is 16.1. The van der Waals surface area contributed by atoms with Crippen LogP contribution in [0.4, 0.5) is 0 Å². The van der Waals surface area contributed by atoms with E-state index in [0.717, 1.165) is 36.1 Å². The number of hydrogen-bond donors (Lipinski definition) is 1. The first-order valence-corrected chi connectivity index (χ1v) is 7.09. The molecule has 1 saturated heterocycles. The average Bonchev–Trinajstić information content (AvgIpc) is 2.41. The molecule has 1 aliphatic heterocycles. The molecule has 2 N–H and O–H groups in total. The van der Waals surface area contributed by atoms with Crippen LogP contribution in [0, 0.1) is 19.8 Å². The monoisotopic (exact) mass is 274 g/mol. The zero-order valence-electron chi connectivity index (χ0n) is 12.2. The van der Waals surface area contributed by atoms with Crippen molar-refractivity contribution < 1.29 is 9.59 Å². The molecule has 1 atom stereocenters. The van der Waals surface area contributed by atoms with Gasteiger partial charge in [-0.25, -0.2) is 0 Å². The van der Waals surface area contributed by atoms with Crippen LogP contribution in [-0.4, -0.2) is 36.2 Å². The van der Waals surface area contributed by atoms with Gasteiger partial charge in [-0.15, -0.1) is 0 Å². The molecule has 0 bridgehead atoms. The van der Waals surface area contributed by atoms with Crippen molar-refractivity contribution in [3.8, 4) is 0 Å². The second-order valence-electron chi connectivity index (χ2n) is 5.72. The number of likely N-dealkylation sites (tertiary alicyclic amines) is 1. The molecule has 1 aromatic carbocycles. The lowest BCUT2D eigenvalue weighted by Gasteiger charge is -2.30. The summed E-state index contributed by atoms with van der Waals surface area (Å²) in [6.45, 7) is 5.77. The molecule has 0 radical (unpaired) electrons. The number of ketones is 1. The Morgan fingerprint density at radius 3 is 2.80 bits per heavy atom. The summed E-state index contributed by atoms with van der Waals surface area (Å²) in [6.07, 6.45) is 1.76. The number of primary amides is 1. The third-order valence-electron chi connectivity index (χ3n) is 3.97. The molecule has 0 aromatic heterocycles. The van der Waals surface area contributed by atoms with Crippen molar-refractivity contribution in [2.24, 2.45) is 11.7 Å². The van der Waals surface area contributed by atoms with Crippen molar-refractivity contribution in [1.29, 1.82) is 0 Å². The zero-order chi connectivity index (χ0) is 14.7. The number of aryl methyl sites for hydroxylation is 2. The number of carbonyl (C=O) groups is 2. The van der Waals surface area contributed by atoms with Crippen LogP contribution >= 0.6 is 0 Å². The number of Topliss-reactive ketones (excluding diaryl/α,β-unsaturated/α-hetero) is 1. The maximum absolute atomic E-state index is 12.4. The van der Waals surface area contributed by atoms with Gasteiger partial charge in [0.05, 0.1) is 12.5 Å². The van der Waals surface area contributed by atoms with Crippen LogP contribution in [0.3, 0.4) is 0 Å². The lowest BCUT2D eigenvalue weighted by Crippen LogP contribution is -2.43. The van der Waals surface area contributed by atoms with Crippen LogP contribution in [0.1, 0.15) is 34.3 Å². The van der Waals surface area contributed by atoms with Crippen molar-refractivity contribution in [2.75, 3.05) is 19.6 Å². The minimum absolute atomic E-state index is 0.116. The Balaban J connectivity index is 2.04. The minimum atomic E-state index is -0.256. The number of nitrogens with zero attached hydrogens (tertiary/aromatic N) is 1. The highest BCUT2D eigenvalue weighted by Gasteiger charge is 2.25. The molecule has 0 spiro atoms. The molecular weight excluding hydrogens is 252 g/mol. The lowest BCUT2D eigenvalue weighted by atomic mass is 9.96. The van der Waals surface area contributed by atoms with Crippen LogP contribution < -0.4 is 5.73 Å². The Kier molecular flexibility index (Phi) is 4.55. The first kappa shape index (κ1) is 14.7. The second kappa shape index (κ2) is 6.18. The number of hydrogen-bond acceptors (Lipinski definition) is 3. The Hall–Kier alpha value is -1.68. The first-order valence-electron chi connectivity index (χ1n) is 7.09. The summed E-state index contributed by atoms with van der Waals surface area (Å²) in [5.74, 6) is -0.250. The molecule has 4 nitrogen and oxygen atoms in total. The maximum Gasteiger partial charge on any atom is 0.221 e. The van der Waals surface area contributed by atoms with Crippen molar-refractivity contribution >= 4 is 11.7 Å². The fraction of sp³-hybridized carbons (Fsp3) is 0.500. The van der Waals surface area contributed by atoms with Crippen LogP contribution in [-0.2, 0) is 4.79 Å². The second-order valence-corrected chi connectivity index (χ2v) is 5.72. The molecule has 1 heterocycles. The maximum atomic E-state index is 12.4. The third-order valence-corrected chi connectivity index (χ3v) is 3.97. The first-order chi connectivity index (χ1) is 9.47. The summed E-state index contributed by atoms with van der Waals surface area (Å²) in [6, 6.07) is 5.92. The van der Waals surface area contributed by atoms with Crippen LogP contribution in [0.5, 0.6) is 0 Å². The number of piperidine rings is 1. The SMILES string of the molecule is Cc1ccc(C)c(C(=O)CN2CCCC(C(N)=O)C2)c1. The molecule has 1 amide bonds. The molecule has 4 heteroatoms. The van der Waals surface area contributed by atoms with E-state index < -0.39 is 0 Å². The molecule has 0 aliphatic carbocycles. The van der Waals surface area contributed by atoms with Crippen molar-refractivity contribution in [3.63, 3.8) is 0 Å². The summed E-state index contributed by atoms with van der Waals surface area (Å²) >= 11 is 0. The van der Waals surface area contributed by atoms with E-state index in [1.54, 1.807) is 0 Å². The quantitative estimate of drug-likeness (QED) is 0.850. The average molecular weight is 274 g/mol. The van der Waals surface area contributed by atoms with Gasteiger partial charge in [-0.05, 0) is 44.9 Å². The molecule has 0 saturated carbocycles. The fourth-order valence-corrected chi connectivity index (χ4v) is 2.76. The molecular formula is C16H22N2O2. The number of carbonyl (C=O) groups excluding carboxylic acids is 2. The Morgan fingerprint density at radius 1 is 1.35 bits per heavy atom. The largest absolute Gasteiger partial charge is 0.369 e. The van der Waals surface area contributed by atoms with E-state index in [0.29, 0.717) is 13.1 Å². The molecule has 1 fully saturated rings. The number of rotatable bonds is 4. The van der Waals surface area contributed by atoms with Gasteiger partial charge in [-0.1, -0.05) is 17.7 Å². The van der Waals surface area contributed by atoms with Gasteiger partial charge in [0.15, 0.2) is 5.78 Å². The van der Waals surface area contributed by atoms with Gasteiger partial charge < -0.3 is 5.73 Å². The zero-order valence-corrected chi connectivity index (χ0v) is 12.2. The highest BCUT2D eigenvalue weighted by molar-refractivity contribution is 5.99. The van der Waals surface area contributed by atoms with E-state index in [1.165, 1.54) is 0 Å². The van der Waals surface area contributed by atoms with Gasteiger partial charge in [-0.2, -0.15) is 0 Å². The molecule has 1 aromatic rings. The van der Waals surface area contributed by atoms with Crippen molar-refractivity contribution in [1.82, 2.24) is 4.90 Å². The topological polar surface area (TPSA) is 63.4 Å². The third kappa shape index (κ3) is 3.45. The Bertz CT molecular complexity index is 525. The molecule has 20 heavy (non-hydrogen) atoms. The van der Waals surface area contributed by atoms with Crippen LogP contribution in [0.2, 0.25) is 0 Å². The van der Waals surface area contributed by atoms with Crippen LogP contribution in [0.25, 0.3) is 0 Å². The lowest BCUT2D eigenvalue weighted by molar-refractivity contribution is -0.123. The predicted molar refractivity (Wildman–Crippen MR) is 78.6 cm³/mol. The molecule has 2 rings (SSSR count). The molecule has 1 aliphatic rings. The minimum Gasteiger partial charge on any atom is -0.369 e. The van der Waals surface area contributed by atoms with Gasteiger partial charge in [0.1, 0.15) is 0 Å². The van der Waals surface area contributed by atoms with Crippen molar-refractivity contribution in [3.05, 3.63) is 34.9 Å². The predicted octanol–water partition coefficient (Wildman–Crippen LogP) is 1.68. The van der Waals surface area contributed by atoms with E-state index in [4.69, 9.17) is 5.73 Å². The summed E-state index contributed by atoms with van der Waals surface area (Å²) < 4.78 is 0. The Labute approximate surface area is 119 Å². The van der Waals surface area contributed by atoms with E-state index in [-0.39, 0.29) is 17.6 Å². The Morgan fingerprint density at radius 2 is 2.10 bits per heavy atom. The molecule has 1 unspecified atom stereocenters. The van der Waals surface area contributed by atoms with Gasteiger partial charge in [0.25, 0.3) is 0 Å². The van der Waals surface area contributed by atoms with Gasteiger partial charge in [0.2, 0.25) is 5.91 Å². The summed E-state index contributed by atoms with van der Waals surface area (Å²) in [7, 11) is 0. The number of benzene rings is 1. The number of amides is 1. The van der Waals surface area contributed by atoms with Gasteiger partial charge >= 0.3 is 0 Å². The number of nitrogens with two attached hydrogens (primary N) is 1. The van der Waals surface area contributed by atoms with Crippen LogP contribution in [0.15, 0.2) is 18.2 Å². The molecule has 108 valence electrons. The van der Waals surface area contributed by atoms with Gasteiger partial charge in [0, 0.05) is 12.1 Å². The van der Waals surface area contributed by atoms with E-state index >= 15 is 0 Å². The summed E-state index contributed by atoms with van der Waals surface area (Å²) in [5, 5.41) is 0. The smallest absolute Gasteiger partial charge is 0.221 e. The summed E-state index contributed by atoms with van der Waals surface area (Å²) in [4.78, 5) is 25.7. The van der Waals surface area contributed by atoms with Crippen molar-refractivity contribution in [2.45, 2.75) is 26.7 Å². The summed E-state index contributed by atoms with van der Waals surface area (Å²) in [5.41, 5.74) is 8.24. The fourth-order valence-electron chi connectivity index (χ4n) is 2.76. The highest BCUT2D eigenvalue weighted by Crippen LogP contribution is 2.18. The van der Waals surface area contributed by atoms with E-state index in [1.807, 2.05) is 36.9 Å². The van der Waals surface area contributed by atoms with E-state index in [2.05, 4.69) is 0 Å². The van der Waals surface area contributed by atoms with Gasteiger partial charge in [-0.3, -0.25) is 14.5 Å². The van der Waals surface area contributed by atoms with E-state index in [9.17, 15) is 9.59 Å².